The van der Waals surface area contributed by atoms with E-state index in [1.54, 1.807) is 0 Å². The smallest absolute Gasteiger partial charge is 0.0485 e. The minimum atomic E-state index is 0. The molecule has 5 heteroatoms. The van der Waals surface area contributed by atoms with Crippen molar-refractivity contribution < 1.29 is 0 Å². The Morgan fingerprint density at radius 3 is 2.35 bits per heavy atom. The number of anilines is 1. The molecule has 23 heavy (non-hydrogen) atoms. The highest BCUT2D eigenvalue weighted by molar-refractivity contribution is 5.85. The second kappa shape index (κ2) is 9.78. The highest BCUT2D eigenvalue weighted by Crippen LogP contribution is 2.28. The summed E-state index contributed by atoms with van der Waals surface area (Å²) in [6.45, 7) is 3.40. The molecule has 0 saturated carbocycles. The van der Waals surface area contributed by atoms with Crippen LogP contribution in [0.25, 0.3) is 0 Å². The summed E-state index contributed by atoms with van der Waals surface area (Å²) in [5.74, 6) is 6.06. The van der Waals surface area contributed by atoms with Crippen molar-refractivity contribution in [1.29, 1.82) is 0 Å². The molecular formula is C18H25Cl2N3. The number of nitrogens with zero attached hydrogens (tertiary/aromatic N) is 1. The Kier molecular flexibility index (Phi) is 8.42. The second-order valence-electron chi connectivity index (χ2n) is 5.83. The number of hydrogen-bond acceptors (Lipinski definition) is 3. The first-order valence-corrected chi connectivity index (χ1v) is 7.68. The zero-order chi connectivity index (χ0) is 14.5. The van der Waals surface area contributed by atoms with Gasteiger partial charge in [-0.15, -0.1) is 24.8 Å². The van der Waals surface area contributed by atoms with E-state index in [0.29, 0.717) is 5.92 Å². The number of benzene rings is 2. The number of halogens is 2. The normalized spacial score (nSPS) is 17.7. The zero-order valence-electron chi connectivity index (χ0n) is 13.2. The van der Waals surface area contributed by atoms with Gasteiger partial charge in [0, 0.05) is 18.8 Å². The third-order valence-electron chi connectivity index (χ3n) is 4.30. The van der Waals surface area contributed by atoms with Crippen LogP contribution in [-0.2, 0) is 6.54 Å². The molecule has 1 saturated heterocycles. The summed E-state index contributed by atoms with van der Waals surface area (Å²) in [6, 6.07) is 19.3. The number of nitrogen functional groups attached to an aromatic ring is 1. The van der Waals surface area contributed by atoms with Gasteiger partial charge in [-0.05, 0) is 48.6 Å². The molecule has 3 nitrogen and oxygen atoms in total. The molecule has 1 aliphatic heterocycles. The first-order valence-electron chi connectivity index (χ1n) is 7.68. The van der Waals surface area contributed by atoms with Crippen molar-refractivity contribution in [2.75, 3.05) is 18.5 Å². The summed E-state index contributed by atoms with van der Waals surface area (Å²) < 4.78 is 0. The Labute approximate surface area is 151 Å². The monoisotopic (exact) mass is 353 g/mol. The van der Waals surface area contributed by atoms with Gasteiger partial charge in [0.25, 0.3) is 0 Å². The van der Waals surface area contributed by atoms with Gasteiger partial charge in [0.05, 0.1) is 0 Å². The third kappa shape index (κ3) is 5.40. The lowest BCUT2D eigenvalue weighted by atomic mass is 9.90. The molecule has 1 fully saturated rings. The van der Waals surface area contributed by atoms with E-state index in [2.05, 4.69) is 64.9 Å². The molecule has 0 amide bonds. The lowest BCUT2D eigenvalue weighted by molar-refractivity contribution is 0.200. The van der Waals surface area contributed by atoms with E-state index >= 15 is 0 Å². The van der Waals surface area contributed by atoms with Gasteiger partial charge >= 0.3 is 0 Å². The highest BCUT2D eigenvalue weighted by atomic mass is 35.5. The van der Waals surface area contributed by atoms with Crippen molar-refractivity contribution in [1.82, 2.24) is 4.90 Å². The molecule has 2 aromatic carbocycles. The maximum atomic E-state index is 5.43. The average Bonchev–Trinajstić information content (AvgIpc) is 2.56. The van der Waals surface area contributed by atoms with Crippen LogP contribution in [-0.4, -0.2) is 18.0 Å². The summed E-state index contributed by atoms with van der Waals surface area (Å²) in [5, 5.41) is 0. The van der Waals surface area contributed by atoms with E-state index in [1.807, 2.05) is 0 Å². The van der Waals surface area contributed by atoms with Gasteiger partial charge in [0.15, 0.2) is 0 Å². The van der Waals surface area contributed by atoms with Gasteiger partial charge in [-0.1, -0.05) is 42.5 Å². The fourth-order valence-electron chi connectivity index (χ4n) is 3.16. The van der Waals surface area contributed by atoms with Gasteiger partial charge in [-0.25, -0.2) is 0 Å². The molecule has 1 aliphatic rings. The molecule has 1 atom stereocenters. The minimum absolute atomic E-state index is 0. The Balaban J connectivity index is 0.00000132. The van der Waals surface area contributed by atoms with Crippen LogP contribution in [0.4, 0.5) is 5.69 Å². The first-order chi connectivity index (χ1) is 10.3. The summed E-state index contributed by atoms with van der Waals surface area (Å²) in [5.41, 5.74) is 6.48. The molecule has 0 radical (unpaired) electrons. The van der Waals surface area contributed by atoms with Crippen molar-refractivity contribution in [2.45, 2.75) is 25.3 Å². The van der Waals surface area contributed by atoms with Gasteiger partial charge < -0.3 is 5.43 Å². The topological polar surface area (TPSA) is 41.3 Å². The number of nitrogens with one attached hydrogen (secondary N) is 1. The van der Waals surface area contributed by atoms with Crippen LogP contribution in [0.15, 0.2) is 54.6 Å². The molecule has 3 N–H and O–H groups in total. The summed E-state index contributed by atoms with van der Waals surface area (Å²) >= 11 is 0. The van der Waals surface area contributed by atoms with Gasteiger partial charge in [0.1, 0.15) is 0 Å². The van der Waals surface area contributed by atoms with E-state index in [1.165, 1.54) is 30.5 Å². The predicted molar refractivity (Wildman–Crippen MR) is 102 cm³/mol. The van der Waals surface area contributed by atoms with Crippen LogP contribution < -0.4 is 11.3 Å². The second-order valence-corrected chi connectivity index (χ2v) is 5.83. The Morgan fingerprint density at radius 1 is 1.00 bits per heavy atom. The van der Waals surface area contributed by atoms with Crippen LogP contribution in [0.2, 0.25) is 0 Å². The quantitative estimate of drug-likeness (QED) is 0.639. The molecule has 0 spiro atoms. The van der Waals surface area contributed by atoms with E-state index < -0.39 is 0 Å². The molecule has 2 aromatic rings. The summed E-state index contributed by atoms with van der Waals surface area (Å²) in [4.78, 5) is 2.57. The van der Waals surface area contributed by atoms with E-state index in [0.717, 1.165) is 18.8 Å². The maximum absolute atomic E-state index is 5.43. The van der Waals surface area contributed by atoms with Crippen LogP contribution in [0.3, 0.4) is 0 Å². The maximum Gasteiger partial charge on any atom is 0.0485 e. The van der Waals surface area contributed by atoms with Crippen LogP contribution in [0.1, 0.15) is 29.9 Å². The number of hydrogen-bond donors (Lipinski definition) is 2. The van der Waals surface area contributed by atoms with Crippen molar-refractivity contribution in [3.05, 3.63) is 65.7 Å². The predicted octanol–water partition coefficient (Wildman–Crippen LogP) is 4.20. The van der Waals surface area contributed by atoms with E-state index in [-0.39, 0.29) is 24.8 Å². The largest absolute Gasteiger partial charge is 0.324 e. The Morgan fingerprint density at radius 2 is 1.70 bits per heavy atom. The zero-order valence-corrected chi connectivity index (χ0v) is 14.8. The van der Waals surface area contributed by atoms with Crippen LogP contribution in [0, 0.1) is 0 Å². The molecule has 0 bridgehead atoms. The van der Waals surface area contributed by atoms with Gasteiger partial charge in [-0.2, -0.15) is 0 Å². The lowest BCUT2D eigenvalue weighted by Crippen LogP contribution is -2.33. The Bertz CT molecular complexity index is 560. The van der Waals surface area contributed by atoms with Crippen LogP contribution >= 0.6 is 24.8 Å². The molecule has 3 rings (SSSR count). The molecule has 126 valence electrons. The number of piperidine rings is 1. The minimum Gasteiger partial charge on any atom is -0.324 e. The summed E-state index contributed by atoms with van der Waals surface area (Å²) in [7, 11) is 0. The number of nitrogens with two attached hydrogens (primary N) is 1. The number of likely N-dealkylation sites (tertiary alicyclic amines) is 1. The average molecular weight is 354 g/mol. The standard InChI is InChI=1S/C18H23N3.2ClH/c19-20-18-10-8-16(9-11-18)17-7-4-12-21(14-17)13-15-5-2-1-3-6-15;;/h1-3,5-6,8-11,17,20H,4,7,12-14,19H2;2*1H. The van der Waals surface area contributed by atoms with Crippen molar-refractivity contribution >= 4 is 30.5 Å². The first kappa shape index (κ1) is 19.8. The van der Waals surface area contributed by atoms with Crippen LogP contribution in [0.5, 0.6) is 0 Å². The van der Waals surface area contributed by atoms with Crippen molar-refractivity contribution in [3.8, 4) is 0 Å². The summed E-state index contributed by atoms with van der Waals surface area (Å²) in [6.07, 6.45) is 2.55. The third-order valence-corrected chi connectivity index (χ3v) is 4.30. The molecule has 1 heterocycles. The molecule has 1 unspecified atom stereocenters. The van der Waals surface area contributed by atoms with Crippen molar-refractivity contribution in [3.63, 3.8) is 0 Å². The highest BCUT2D eigenvalue weighted by Gasteiger charge is 2.21. The van der Waals surface area contributed by atoms with Gasteiger partial charge in [-0.3, -0.25) is 10.7 Å². The lowest BCUT2D eigenvalue weighted by Gasteiger charge is -2.33. The molecule has 0 aromatic heterocycles. The fourth-order valence-corrected chi connectivity index (χ4v) is 3.16. The van der Waals surface area contributed by atoms with E-state index in [9.17, 15) is 0 Å². The number of hydrazine groups is 1. The van der Waals surface area contributed by atoms with Gasteiger partial charge in [0.2, 0.25) is 0 Å². The number of rotatable bonds is 4. The SMILES string of the molecule is Cl.Cl.NNc1ccc(C2CCCN(Cc3ccccc3)C2)cc1. The fraction of sp³-hybridized carbons (Fsp3) is 0.333. The van der Waals surface area contributed by atoms with Crippen molar-refractivity contribution in [2.24, 2.45) is 5.84 Å². The molecular weight excluding hydrogens is 329 g/mol. The van der Waals surface area contributed by atoms with E-state index in [4.69, 9.17) is 5.84 Å². The molecule has 0 aliphatic carbocycles. The Hall–Kier alpha value is -1.26.